The van der Waals surface area contributed by atoms with Gasteiger partial charge < -0.3 is 0 Å². The Labute approximate surface area is 131 Å². The monoisotopic (exact) mass is 311 g/mol. The second kappa shape index (κ2) is 6.74. The van der Waals surface area contributed by atoms with E-state index in [1.807, 2.05) is 0 Å². The van der Waals surface area contributed by atoms with E-state index in [9.17, 15) is 24.5 Å². The van der Waals surface area contributed by atoms with Crippen molar-refractivity contribution >= 4 is 23.0 Å². The van der Waals surface area contributed by atoms with Crippen LogP contribution in [-0.2, 0) is 4.79 Å². The lowest BCUT2D eigenvalue weighted by Gasteiger charge is -2.12. The number of carbonyl (C=O) groups excluding carboxylic acids is 3. The summed E-state index contributed by atoms with van der Waals surface area (Å²) < 4.78 is 0. The molecule has 0 aliphatic carbocycles. The van der Waals surface area contributed by atoms with Crippen LogP contribution in [0.15, 0.2) is 54.6 Å². The highest BCUT2D eigenvalue weighted by molar-refractivity contribution is 6.27. The predicted molar refractivity (Wildman–Crippen MR) is 82.4 cm³/mol. The van der Waals surface area contributed by atoms with E-state index < -0.39 is 28.2 Å². The minimum Gasteiger partial charge on any atom is -0.299 e. The van der Waals surface area contributed by atoms with Crippen LogP contribution in [0.2, 0.25) is 0 Å². The molecule has 23 heavy (non-hydrogen) atoms. The van der Waals surface area contributed by atoms with Gasteiger partial charge >= 0.3 is 0 Å². The highest BCUT2D eigenvalue weighted by Gasteiger charge is 2.32. The molecule has 0 radical (unpaired) electrons. The van der Waals surface area contributed by atoms with Gasteiger partial charge in [-0.3, -0.25) is 24.5 Å². The normalized spacial score (nSPS) is 11.5. The summed E-state index contributed by atoms with van der Waals surface area (Å²) in [6.45, 7) is 1.18. The molecule has 0 aromatic heterocycles. The predicted octanol–water partition coefficient (Wildman–Crippen LogP) is 2.87. The molecular weight excluding hydrogens is 298 g/mol. The Kier molecular flexibility index (Phi) is 4.75. The largest absolute Gasteiger partial charge is 0.299 e. The first-order valence-electron chi connectivity index (χ1n) is 6.80. The average molecular weight is 311 g/mol. The first-order valence-corrected chi connectivity index (χ1v) is 6.80. The third-order valence-corrected chi connectivity index (χ3v) is 3.35. The highest BCUT2D eigenvalue weighted by Crippen LogP contribution is 2.19. The van der Waals surface area contributed by atoms with Crippen LogP contribution in [-0.4, -0.2) is 22.3 Å². The molecule has 0 N–H and O–H groups in total. The zero-order chi connectivity index (χ0) is 17.0. The standard InChI is InChI=1S/C17H13NO5/c1-11(19)15(16(20)12-5-3-2-4-6-12)17(21)13-7-9-14(10-8-13)18(22)23/h2-10,15H,1H3. The molecule has 1 atom stereocenters. The fourth-order valence-electron chi connectivity index (χ4n) is 2.17. The van der Waals surface area contributed by atoms with Gasteiger partial charge in [0.05, 0.1) is 4.92 Å². The van der Waals surface area contributed by atoms with Gasteiger partial charge in [-0.15, -0.1) is 0 Å². The quantitative estimate of drug-likeness (QED) is 0.354. The van der Waals surface area contributed by atoms with Crippen molar-refractivity contribution in [1.29, 1.82) is 0 Å². The van der Waals surface area contributed by atoms with Crippen molar-refractivity contribution < 1.29 is 19.3 Å². The minimum atomic E-state index is -1.45. The molecule has 0 heterocycles. The first kappa shape index (κ1) is 16.2. The fourth-order valence-corrected chi connectivity index (χ4v) is 2.17. The molecule has 0 bridgehead atoms. The molecule has 0 spiro atoms. The van der Waals surface area contributed by atoms with Crippen molar-refractivity contribution in [3.63, 3.8) is 0 Å². The zero-order valence-electron chi connectivity index (χ0n) is 12.3. The first-order chi connectivity index (χ1) is 10.9. The van der Waals surface area contributed by atoms with Gasteiger partial charge in [-0.05, 0) is 19.1 Å². The number of nitrogens with zero attached hydrogens (tertiary/aromatic N) is 1. The number of Topliss-reactive ketones (excluding diaryl/α,β-unsaturated/α-hetero) is 3. The van der Waals surface area contributed by atoms with E-state index in [1.54, 1.807) is 18.2 Å². The molecule has 2 aromatic carbocycles. The average Bonchev–Trinajstić information content (AvgIpc) is 2.55. The Morgan fingerprint density at radius 1 is 0.870 bits per heavy atom. The zero-order valence-corrected chi connectivity index (χ0v) is 12.3. The van der Waals surface area contributed by atoms with Gasteiger partial charge in [-0.1, -0.05) is 30.3 Å². The van der Waals surface area contributed by atoms with Crippen LogP contribution < -0.4 is 0 Å². The maximum atomic E-state index is 12.5. The van der Waals surface area contributed by atoms with Crippen molar-refractivity contribution in [2.75, 3.05) is 0 Å². The van der Waals surface area contributed by atoms with Crippen LogP contribution in [0, 0.1) is 16.0 Å². The van der Waals surface area contributed by atoms with E-state index in [0.717, 1.165) is 12.1 Å². The third-order valence-electron chi connectivity index (χ3n) is 3.35. The van der Waals surface area contributed by atoms with Crippen molar-refractivity contribution in [3.05, 3.63) is 75.8 Å². The van der Waals surface area contributed by atoms with Crippen molar-refractivity contribution in [2.24, 2.45) is 5.92 Å². The lowest BCUT2D eigenvalue weighted by molar-refractivity contribution is -0.384. The molecule has 0 amide bonds. The molecule has 0 saturated carbocycles. The van der Waals surface area contributed by atoms with E-state index in [-0.39, 0.29) is 16.8 Å². The van der Waals surface area contributed by atoms with Crippen molar-refractivity contribution in [1.82, 2.24) is 0 Å². The van der Waals surface area contributed by atoms with Gasteiger partial charge in [0.25, 0.3) is 5.69 Å². The number of ketones is 3. The summed E-state index contributed by atoms with van der Waals surface area (Å²) in [5, 5.41) is 10.6. The van der Waals surface area contributed by atoms with Crippen LogP contribution in [0.1, 0.15) is 27.6 Å². The SMILES string of the molecule is CC(=O)C(C(=O)c1ccccc1)C(=O)c1ccc([N+](=O)[O-])cc1. The van der Waals surface area contributed by atoms with Crippen molar-refractivity contribution in [3.8, 4) is 0 Å². The van der Waals surface area contributed by atoms with Gasteiger partial charge in [-0.25, -0.2) is 0 Å². The molecular formula is C17H13NO5. The Morgan fingerprint density at radius 2 is 1.35 bits per heavy atom. The summed E-state index contributed by atoms with van der Waals surface area (Å²) in [6, 6.07) is 12.9. The van der Waals surface area contributed by atoms with Crippen molar-refractivity contribution in [2.45, 2.75) is 6.92 Å². The van der Waals surface area contributed by atoms with E-state index in [1.165, 1.54) is 31.2 Å². The van der Waals surface area contributed by atoms with Crippen LogP contribution in [0.3, 0.4) is 0 Å². The Balaban J connectivity index is 2.34. The van der Waals surface area contributed by atoms with Gasteiger partial charge in [0.2, 0.25) is 0 Å². The number of nitro benzene ring substituents is 1. The topological polar surface area (TPSA) is 94.3 Å². The minimum absolute atomic E-state index is 0.0834. The molecule has 0 aliphatic rings. The number of rotatable bonds is 6. The maximum Gasteiger partial charge on any atom is 0.269 e. The van der Waals surface area contributed by atoms with E-state index >= 15 is 0 Å². The van der Waals surface area contributed by atoms with Crippen LogP contribution in [0.4, 0.5) is 5.69 Å². The summed E-state index contributed by atoms with van der Waals surface area (Å²) in [6.07, 6.45) is 0. The fraction of sp³-hybridized carbons (Fsp3) is 0.118. The molecule has 0 saturated heterocycles. The molecule has 0 fully saturated rings. The summed E-state index contributed by atoms with van der Waals surface area (Å²) in [7, 11) is 0. The molecule has 6 nitrogen and oxygen atoms in total. The number of non-ortho nitro benzene ring substituents is 1. The summed E-state index contributed by atoms with van der Waals surface area (Å²) >= 11 is 0. The van der Waals surface area contributed by atoms with Gasteiger partial charge in [0.1, 0.15) is 11.7 Å². The second-order valence-electron chi connectivity index (χ2n) is 4.94. The van der Waals surface area contributed by atoms with Crippen LogP contribution in [0.5, 0.6) is 0 Å². The number of nitro groups is 1. The molecule has 2 aromatic rings. The summed E-state index contributed by atoms with van der Waals surface area (Å²) in [4.78, 5) is 46.7. The number of hydrogen-bond donors (Lipinski definition) is 0. The maximum absolute atomic E-state index is 12.5. The Morgan fingerprint density at radius 3 is 1.78 bits per heavy atom. The summed E-state index contributed by atoms with van der Waals surface area (Å²) in [5.74, 6) is -3.26. The van der Waals surface area contributed by atoms with Gasteiger partial charge in [0, 0.05) is 23.3 Å². The highest BCUT2D eigenvalue weighted by atomic mass is 16.6. The molecule has 6 heteroatoms. The number of carbonyl (C=O) groups is 3. The van der Waals surface area contributed by atoms with E-state index in [0.29, 0.717) is 0 Å². The van der Waals surface area contributed by atoms with Gasteiger partial charge in [0.15, 0.2) is 11.6 Å². The van der Waals surface area contributed by atoms with E-state index in [4.69, 9.17) is 0 Å². The lowest BCUT2D eigenvalue weighted by Crippen LogP contribution is -2.30. The second-order valence-corrected chi connectivity index (χ2v) is 4.94. The number of benzene rings is 2. The smallest absolute Gasteiger partial charge is 0.269 e. The Bertz CT molecular complexity index is 765. The van der Waals surface area contributed by atoms with Crippen LogP contribution in [0.25, 0.3) is 0 Å². The van der Waals surface area contributed by atoms with Gasteiger partial charge in [-0.2, -0.15) is 0 Å². The third kappa shape index (κ3) is 3.55. The molecule has 1 unspecified atom stereocenters. The van der Waals surface area contributed by atoms with Crippen LogP contribution >= 0.6 is 0 Å². The summed E-state index contributed by atoms with van der Waals surface area (Å²) in [5.41, 5.74) is 0.179. The number of hydrogen-bond acceptors (Lipinski definition) is 5. The molecule has 2 rings (SSSR count). The molecule has 0 aliphatic heterocycles. The van der Waals surface area contributed by atoms with E-state index in [2.05, 4.69) is 0 Å². The lowest BCUT2D eigenvalue weighted by atomic mass is 9.87. The Hall–Kier alpha value is -3.15. The molecule has 116 valence electrons.